The molecule has 2 aromatic rings. The van der Waals surface area contributed by atoms with E-state index in [4.69, 9.17) is 5.73 Å². The fraction of sp³-hybridized carbons (Fsp3) is 0.133. The molecule has 0 radical (unpaired) electrons. The summed E-state index contributed by atoms with van der Waals surface area (Å²) in [5.74, 6) is 5.09. The molecule has 3 nitrogen and oxygen atoms in total. The van der Waals surface area contributed by atoms with Gasteiger partial charge in [-0.3, -0.25) is 4.79 Å². The van der Waals surface area contributed by atoms with Gasteiger partial charge in [0.05, 0.1) is 17.0 Å². The molecule has 0 fully saturated rings. The van der Waals surface area contributed by atoms with Crippen LogP contribution in [0.25, 0.3) is 0 Å². The Morgan fingerprint density at radius 2 is 2.25 bits per heavy atom. The number of nitrogens with two attached hydrogens (primary N) is 1. The predicted octanol–water partition coefficient (Wildman–Crippen LogP) is 2.13. The monoisotopic (exact) mass is 288 g/mol. The maximum Gasteiger partial charge on any atom is 0.252 e. The van der Waals surface area contributed by atoms with E-state index in [9.17, 15) is 9.18 Å². The quantitative estimate of drug-likeness (QED) is 0.850. The maximum absolute atomic E-state index is 13.0. The molecule has 1 aromatic carbocycles. The Bertz CT molecular complexity index is 670. The van der Waals surface area contributed by atoms with Crippen LogP contribution in [-0.4, -0.2) is 12.5 Å². The van der Waals surface area contributed by atoms with Gasteiger partial charge in [-0.25, -0.2) is 4.39 Å². The summed E-state index contributed by atoms with van der Waals surface area (Å²) in [6.07, 6.45) is 0. The van der Waals surface area contributed by atoms with E-state index in [1.54, 1.807) is 23.6 Å². The Kier molecular flexibility index (Phi) is 4.88. The maximum atomic E-state index is 13.0. The molecule has 0 aliphatic heterocycles. The number of benzene rings is 1. The summed E-state index contributed by atoms with van der Waals surface area (Å²) in [6.45, 7) is 0.579. The van der Waals surface area contributed by atoms with Crippen molar-refractivity contribution in [2.75, 3.05) is 6.54 Å². The molecule has 0 saturated heterocycles. The van der Waals surface area contributed by atoms with Gasteiger partial charge in [-0.05, 0) is 23.8 Å². The average Bonchev–Trinajstić information content (AvgIpc) is 2.91. The molecule has 102 valence electrons. The van der Waals surface area contributed by atoms with Gasteiger partial charge in [0.25, 0.3) is 5.91 Å². The summed E-state index contributed by atoms with van der Waals surface area (Å²) in [7, 11) is 0. The van der Waals surface area contributed by atoms with Crippen molar-refractivity contribution in [1.82, 2.24) is 5.32 Å². The highest BCUT2D eigenvalue weighted by Gasteiger charge is 2.07. The molecule has 0 spiro atoms. The molecule has 0 bridgehead atoms. The highest BCUT2D eigenvalue weighted by molar-refractivity contribution is 7.10. The van der Waals surface area contributed by atoms with Crippen molar-refractivity contribution in [3.05, 3.63) is 57.5 Å². The van der Waals surface area contributed by atoms with Crippen molar-refractivity contribution in [1.29, 1.82) is 0 Å². The van der Waals surface area contributed by atoms with Crippen molar-refractivity contribution < 1.29 is 9.18 Å². The Balaban J connectivity index is 1.96. The van der Waals surface area contributed by atoms with E-state index in [0.29, 0.717) is 12.1 Å². The molecule has 0 aliphatic carbocycles. The first-order valence-corrected chi connectivity index (χ1v) is 6.87. The molecular weight excluding hydrogens is 275 g/mol. The van der Waals surface area contributed by atoms with Gasteiger partial charge in [0.15, 0.2) is 0 Å². The lowest BCUT2D eigenvalue weighted by atomic mass is 10.2. The Morgan fingerprint density at radius 1 is 1.40 bits per heavy atom. The number of amides is 1. The number of thiophene rings is 1. The first-order chi connectivity index (χ1) is 9.69. The van der Waals surface area contributed by atoms with Crippen molar-refractivity contribution >= 4 is 17.2 Å². The van der Waals surface area contributed by atoms with E-state index in [1.807, 2.05) is 0 Å². The molecule has 1 aromatic heterocycles. The minimum atomic E-state index is -0.313. The van der Waals surface area contributed by atoms with Crippen LogP contribution in [0.15, 0.2) is 35.7 Å². The normalized spacial score (nSPS) is 9.70. The van der Waals surface area contributed by atoms with Gasteiger partial charge in [-0.2, -0.15) is 0 Å². The standard InChI is InChI=1S/C15H13FN2OS/c16-13-4-1-3-11(7-13)9-18-15(19)12-8-14(20-10-12)5-2-6-17/h1,3-4,7-8,10H,6,9,17H2,(H,18,19). The van der Waals surface area contributed by atoms with Crippen LogP contribution in [0.1, 0.15) is 20.8 Å². The SMILES string of the molecule is NCC#Cc1cc(C(=O)NCc2cccc(F)c2)cs1. The number of carbonyl (C=O) groups is 1. The lowest BCUT2D eigenvalue weighted by molar-refractivity contribution is 0.0951. The second kappa shape index (κ2) is 6.85. The molecule has 2 rings (SSSR count). The van der Waals surface area contributed by atoms with E-state index in [1.165, 1.54) is 23.5 Å². The minimum absolute atomic E-state index is 0.202. The van der Waals surface area contributed by atoms with Crippen molar-refractivity contribution in [2.24, 2.45) is 5.73 Å². The number of rotatable bonds is 3. The summed E-state index contributed by atoms with van der Waals surface area (Å²) in [4.78, 5) is 12.7. The van der Waals surface area contributed by atoms with Gasteiger partial charge in [-0.15, -0.1) is 11.3 Å². The molecule has 0 unspecified atom stereocenters. The number of halogens is 1. The summed E-state index contributed by atoms with van der Waals surface area (Å²) < 4.78 is 13.0. The molecule has 3 N–H and O–H groups in total. The van der Waals surface area contributed by atoms with Gasteiger partial charge < -0.3 is 11.1 Å². The first kappa shape index (κ1) is 14.3. The third-order valence-electron chi connectivity index (χ3n) is 2.52. The van der Waals surface area contributed by atoms with Crippen LogP contribution in [0.2, 0.25) is 0 Å². The average molecular weight is 288 g/mol. The number of carbonyl (C=O) groups excluding carboxylic acids is 1. The van der Waals surface area contributed by atoms with Crippen LogP contribution in [0.4, 0.5) is 4.39 Å². The zero-order valence-corrected chi connectivity index (χ0v) is 11.5. The largest absolute Gasteiger partial charge is 0.348 e. The summed E-state index contributed by atoms with van der Waals surface area (Å²) in [6, 6.07) is 7.85. The van der Waals surface area contributed by atoms with E-state index < -0.39 is 0 Å². The van der Waals surface area contributed by atoms with Crippen LogP contribution in [0.3, 0.4) is 0 Å². The summed E-state index contributed by atoms with van der Waals surface area (Å²) >= 11 is 1.39. The zero-order chi connectivity index (χ0) is 14.4. The van der Waals surface area contributed by atoms with E-state index in [-0.39, 0.29) is 18.3 Å². The van der Waals surface area contributed by atoms with E-state index >= 15 is 0 Å². The van der Waals surface area contributed by atoms with Crippen molar-refractivity contribution in [2.45, 2.75) is 6.54 Å². The summed E-state index contributed by atoms with van der Waals surface area (Å²) in [5.41, 5.74) is 6.56. The van der Waals surface area contributed by atoms with Gasteiger partial charge in [0, 0.05) is 11.9 Å². The smallest absolute Gasteiger partial charge is 0.252 e. The summed E-state index contributed by atoms with van der Waals surface area (Å²) in [5, 5.41) is 4.48. The molecule has 5 heteroatoms. The van der Waals surface area contributed by atoms with E-state index in [0.717, 1.165) is 10.4 Å². The molecule has 0 saturated carbocycles. The number of nitrogens with one attached hydrogen (secondary N) is 1. The highest BCUT2D eigenvalue weighted by atomic mass is 32.1. The van der Waals surface area contributed by atoms with Gasteiger partial charge in [0.1, 0.15) is 5.82 Å². The van der Waals surface area contributed by atoms with Crippen LogP contribution in [0.5, 0.6) is 0 Å². The molecule has 0 atom stereocenters. The number of hydrogen-bond donors (Lipinski definition) is 2. The van der Waals surface area contributed by atoms with E-state index in [2.05, 4.69) is 17.2 Å². The van der Waals surface area contributed by atoms with Crippen LogP contribution >= 0.6 is 11.3 Å². The molecule has 20 heavy (non-hydrogen) atoms. The Hall–Kier alpha value is -2.16. The van der Waals surface area contributed by atoms with Gasteiger partial charge in [-0.1, -0.05) is 24.0 Å². The highest BCUT2D eigenvalue weighted by Crippen LogP contribution is 2.13. The number of hydrogen-bond acceptors (Lipinski definition) is 3. The molecular formula is C15H13FN2OS. The van der Waals surface area contributed by atoms with Crippen LogP contribution < -0.4 is 11.1 Å². The first-order valence-electron chi connectivity index (χ1n) is 5.99. The lowest BCUT2D eigenvalue weighted by Gasteiger charge is -2.03. The van der Waals surface area contributed by atoms with Gasteiger partial charge >= 0.3 is 0 Å². The molecule has 1 amide bonds. The second-order valence-electron chi connectivity index (χ2n) is 4.02. The lowest BCUT2D eigenvalue weighted by Crippen LogP contribution is -2.22. The molecule has 1 heterocycles. The Morgan fingerprint density at radius 3 is 3.00 bits per heavy atom. The van der Waals surface area contributed by atoms with Crippen molar-refractivity contribution in [3.63, 3.8) is 0 Å². The Labute approximate surface area is 120 Å². The third-order valence-corrected chi connectivity index (χ3v) is 3.36. The zero-order valence-electron chi connectivity index (χ0n) is 10.7. The van der Waals surface area contributed by atoms with Crippen LogP contribution in [-0.2, 0) is 6.54 Å². The second-order valence-corrected chi connectivity index (χ2v) is 4.93. The third kappa shape index (κ3) is 3.92. The molecule has 0 aliphatic rings. The topological polar surface area (TPSA) is 55.1 Å². The van der Waals surface area contributed by atoms with Gasteiger partial charge in [0.2, 0.25) is 0 Å². The predicted molar refractivity (Wildman–Crippen MR) is 77.8 cm³/mol. The fourth-order valence-electron chi connectivity index (χ4n) is 1.59. The fourth-order valence-corrected chi connectivity index (χ4v) is 2.35. The van der Waals surface area contributed by atoms with Crippen molar-refractivity contribution in [3.8, 4) is 11.8 Å². The van der Waals surface area contributed by atoms with Crippen LogP contribution in [0, 0.1) is 17.7 Å². The minimum Gasteiger partial charge on any atom is -0.348 e.